The summed E-state index contributed by atoms with van der Waals surface area (Å²) >= 11 is 19.1. The molecule has 0 unspecified atom stereocenters. The minimum Gasteiger partial charge on any atom is -0.462 e. The van der Waals surface area contributed by atoms with Crippen molar-refractivity contribution in [3.8, 4) is 0 Å². The summed E-state index contributed by atoms with van der Waals surface area (Å²) in [5.41, 5.74) is 0.874. The first-order valence-corrected chi connectivity index (χ1v) is 10.4. The summed E-state index contributed by atoms with van der Waals surface area (Å²) in [5.74, 6) is -1.50. The average Bonchev–Trinajstić information content (AvgIpc) is 3.18. The number of hydrogen-bond acceptors (Lipinski definition) is 4. The Morgan fingerprint density at radius 3 is 1.44 bits per heavy atom. The van der Waals surface area contributed by atoms with Gasteiger partial charge in [-0.05, 0) is 48.5 Å². The second-order valence-electron chi connectivity index (χ2n) is 6.10. The van der Waals surface area contributed by atoms with E-state index in [1.165, 1.54) is 0 Å². The van der Waals surface area contributed by atoms with Crippen LogP contribution in [0.1, 0.15) is 20.7 Å². The van der Waals surface area contributed by atoms with Gasteiger partial charge in [-0.1, -0.05) is 31.9 Å². The molecule has 1 fully saturated rings. The number of ether oxygens (including phenoxy) is 2. The Labute approximate surface area is 183 Å². The molecule has 142 valence electrons. The molecule has 0 spiro atoms. The number of hydrogen-bond donors (Lipinski definition) is 0. The Bertz CT molecular complexity index is 768. The van der Waals surface area contributed by atoms with Crippen LogP contribution in [0.25, 0.3) is 0 Å². The van der Waals surface area contributed by atoms with E-state index in [9.17, 15) is 9.59 Å². The van der Waals surface area contributed by atoms with Gasteiger partial charge in [0.05, 0.1) is 24.3 Å². The number of carbonyl (C=O) groups excluding carboxylic acids is 2. The molecule has 2 atom stereocenters. The van der Waals surface area contributed by atoms with Gasteiger partial charge >= 0.3 is 11.9 Å². The van der Waals surface area contributed by atoms with Crippen LogP contribution in [0.2, 0.25) is 0 Å². The fourth-order valence-electron chi connectivity index (χ4n) is 2.58. The number of carbonyl (C=O) groups is 2. The lowest BCUT2D eigenvalue weighted by atomic mass is 10.2. The van der Waals surface area contributed by atoms with Crippen molar-refractivity contribution in [1.29, 1.82) is 0 Å². The number of esters is 2. The van der Waals surface area contributed by atoms with Crippen LogP contribution in [0.4, 0.5) is 0 Å². The molecule has 0 aromatic heterocycles. The fraction of sp³-hybridized carbons (Fsp3) is 0.263. The summed E-state index contributed by atoms with van der Waals surface area (Å²) in [4.78, 5) is 24.1. The van der Waals surface area contributed by atoms with Crippen LogP contribution in [0.3, 0.4) is 0 Å². The average molecular weight is 537 g/mol. The van der Waals surface area contributed by atoms with Gasteiger partial charge in [-0.25, -0.2) is 9.59 Å². The van der Waals surface area contributed by atoms with Crippen molar-refractivity contribution in [1.82, 2.24) is 0 Å². The van der Waals surface area contributed by atoms with E-state index < -0.39 is 16.3 Å². The molecule has 4 nitrogen and oxygen atoms in total. The van der Waals surface area contributed by atoms with Gasteiger partial charge in [0.1, 0.15) is 4.33 Å². The van der Waals surface area contributed by atoms with Gasteiger partial charge in [0.25, 0.3) is 0 Å². The van der Waals surface area contributed by atoms with Crippen LogP contribution < -0.4 is 0 Å². The Hall–Kier alpha value is -1.08. The minimum atomic E-state index is -1.08. The molecule has 2 aromatic rings. The SMILES string of the molecule is O=C(OC[C@@H]1[C@H](COC(=O)c2ccc(Br)cc2)C1(Cl)Cl)c1ccc(Br)cc1. The second-order valence-corrected chi connectivity index (χ2v) is 9.37. The first kappa shape index (κ1) is 20.6. The number of alkyl halides is 2. The predicted molar refractivity (Wildman–Crippen MR) is 110 cm³/mol. The molecule has 0 amide bonds. The fourth-order valence-corrected chi connectivity index (χ4v) is 3.85. The van der Waals surface area contributed by atoms with Gasteiger partial charge in [0.2, 0.25) is 0 Å². The summed E-state index contributed by atoms with van der Waals surface area (Å²) in [6.45, 7) is 0.116. The van der Waals surface area contributed by atoms with Crippen LogP contribution in [-0.4, -0.2) is 29.5 Å². The van der Waals surface area contributed by atoms with Gasteiger partial charge in [-0.2, -0.15) is 0 Å². The van der Waals surface area contributed by atoms with Crippen molar-refractivity contribution < 1.29 is 19.1 Å². The smallest absolute Gasteiger partial charge is 0.338 e. The monoisotopic (exact) mass is 534 g/mol. The summed E-state index contributed by atoms with van der Waals surface area (Å²) in [6, 6.07) is 13.7. The van der Waals surface area contributed by atoms with Crippen molar-refractivity contribution in [2.24, 2.45) is 11.8 Å². The standard InChI is InChI=1S/C19H14Br2Cl2O4/c20-13-5-1-11(2-6-13)17(24)26-9-15-16(19(15,22)23)10-27-18(25)12-3-7-14(21)8-4-12/h1-8,15-16H,9-10H2/t15-,16+. The van der Waals surface area contributed by atoms with Crippen LogP contribution in [0, 0.1) is 11.8 Å². The third-order valence-corrected chi connectivity index (χ3v) is 6.49. The third kappa shape index (κ3) is 5.05. The molecular weight excluding hydrogens is 523 g/mol. The first-order valence-electron chi connectivity index (χ1n) is 8.02. The van der Waals surface area contributed by atoms with E-state index in [1.807, 2.05) is 0 Å². The molecular formula is C19H14Br2Cl2O4. The van der Waals surface area contributed by atoms with E-state index in [1.54, 1.807) is 48.5 Å². The first-order chi connectivity index (χ1) is 12.8. The quantitative estimate of drug-likeness (QED) is 0.354. The molecule has 0 saturated heterocycles. The zero-order chi connectivity index (χ0) is 19.6. The Balaban J connectivity index is 1.49. The summed E-state index contributed by atoms with van der Waals surface area (Å²) < 4.78 is 11.2. The molecule has 27 heavy (non-hydrogen) atoms. The molecule has 1 aliphatic carbocycles. The Kier molecular flexibility index (Phi) is 6.51. The zero-order valence-electron chi connectivity index (χ0n) is 13.8. The minimum absolute atomic E-state index is 0.0579. The summed E-state index contributed by atoms with van der Waals surface area (Å²) in [6.07, 6.45) is 0. The molecule has 1 saturated carbocycles. The lowest BCUT2D eigenvalue weighted by Crippen LogP contribution is -2.11. The van der Waals surface area contributed by atoms with Crippen molar-refractivity contribution >= 4 is 67.0 Å². The maximum atomic E-state index is 12.1. The van der Waals surface area contributed by atoms with Gasteiger partial charge in [0, 0.05) is 20.8 Å². The van der Waals surface area contributed by atoms with E-state index in [4.69, 9.17) is 32.7 Å². The third-order valence-electron chi connectivity index (χ3n) is 4.31. The second kappa shape index (κ2) is 8.52. The zero-order valence-corrected chi connectivity index (χ0v) is 18.5. The van der Waals surface area contributed by atoms with Crippen molar-refractivity contribution in [2.75, 3.05) is 13.2 Å². The van der Waals surface area contributed by atoms with Crippen LogP contribution in [-0.2, 0) is 9.47 Å². The van der Waals surface area contributed by atoms with Crippen molar-refractivity contribution in [2.45, 2.75) is 4.33 Å². The molecule has 0 aliphatic heterocycles. The largest absolute Gasteiger partial charge is 0.462 e. The van der Waals surface area contributed by atoms with Crippen molar-refractivity contribution in [3.63, 3.8) is 0 Å². The van der Waals surface area contributed by atoms with Gasteiger partial charge in [0.15, 0.2) is 0 Å². The molecule has 3 rings (SSSR count). The Morgan fingerprint density at radius 1 is 0.778 bits per heavy atom. The maximum Gasteiger partial charge on any atom is 0.338 e. The Morgan fingerprint density at radius 2 is 1.11 bits per heavy atom. The summed E-state index contributed by atoms with van der Waals surface area (Å²) in [7, 11) is 0. The van der Waals surface area contributed by atoms with Crippen molar-refractivity contribution in [3.05, 3.63) is 68.6 Å². The topological polar surface area (TPSA) is 52.6 Å². The molecule has 0 radical (unpaired) electrons. The van der Waals surface area contributed by atoms with Crippen LogP contribution in [0.15, 0.2) is 57.5 Å². The highest BCUT2D eigenvalue weighted by Crippen LogP contribution is 2.59. The van der Waals surface area contributed by atoms with Crippen LogP contribution >= 0.6 is 55.1 Å². The van der Waals surface area contributed by atoms with E-state index >= 15 is 0 Å². The molecule has 0 heterocycles. The predicted octanol–water partition coefficient (Wildman–Crippen LogP) is 5.65. The van der Waals surface area contributed by atoms with Gasteiger partial charge in [-0.15, -0.1) is 23.2 Å². The highest BCUT2D eigenvalue weighted by Gasteiger charge is 2.64. The van der Waals surface area contributed by atoms with E-state index in [0.717, 1.165) is 8.95 Å². The lowest BCUT2D eigenvalue weighted by molar-refractivity contribution is 0.0419. The molecule has 8 heteroatoms. The van der Waals surface area contributed by atoms with Crippen LogP contribution in [0.5, 0.6) is 0 Å². The molecule has 0 bridgehead atoms. The number of rotatable bonds is 6. The molecule has 1 aliphatic rings. The summed E-state index contributed by atoms with van der Waals surface area (Å²) in [5, 5.41) is 0. The highest BCUT2D eigenvalue weighted by molar-refractivity contribution is 9.10. The lowest BCUT2D eigenvalue weighted by Gasteiger charge is -2.05. The van der Waals surface area contributed by atoms with E-state index in [2.05, 4.69) is 31.9 Å². The maximum absolute atomic E-state index is 12.1. The van der Waals surface area contributed by atoms with E-state index in [-0.39, 0.29) is 25.0 Å². The molecule has 0 N–H and O–H groups in total. The van der Waals surface area contributed by atoms with Gasteiger partial charge < -0.3 is 9.47 Å². The number of halogens is 4. The van der Waals surface area contributed by atoms with Gasteiger partial charge in [-0.3, -0.25) is 0 Å². The number of benzene rings is 2. The highest BCUT2D eigenvalue weighted by atomic mass is 79.9. The van der Waals surface area contributed by atoms with E-state index in [0.29, 0.717) is 11.1 Å². The normalized spacial score (nSPS) is 20.0. The molecule has 2 aromatic carbocycles.